The molecule has 0 amide bonds. The largest absolute Gasteiger partial charge is 0.361 e. The number of hydrogen-bond donors (Lipinski definition) is 0. The van der Waals surface area contributed by atoms with Crippen LogP contribution in [0.15, 0.2) is 61.7 Å². The molecule has 0 saturated heterocycles. The molecule has 0 unspecified atom stereocenters. The molecule has 0 aliphatic rings. The van der Waals surface area contributed by atoms with Gasteiger partial charge >= 0.3 is 0 Å². The summed E-state index contributed by atoms with van der Waals surface area (Å²) in [7, 11) is -3.20. The van der Waals surface area contributed by atoms with Crippen LogP contribution in [0.25, 0.3) is 22.0 Å². The minimum atomic E-state index is -3.20. The van der Waals surface area contributed by atoms with Gasteiger partial charge in [0.2, 0.25) is 0 Å². The number of aryl methyl sites for hydroxylation is 3. The van der Waals surface area contributed by atoms with Crippen molar-refractivity contribution in [3.05, 3.63) is 59.6 Å². The van der Waals surface area contributed by atoms with Crippen molar-refractivity contribution in [2.45, 2.75) is 48.9 Å². The van der Waals surface area contributed by atoms with Gasteiger partial charge in [-0.15, -0.1) is 0 Å². The maximum absolute atomic E-state index is 11.8. The number of benzene rings is 2. The fraction of sp³-hybridized carbons (Fsp3) is 0.261. The second kappa shape index (κ2) is 7.63. The van der Waals surface area contributed by atoms with E-state index in [1.54, 1.807) is 23.9 Å². The van der Waals surface area contributed by atoms with Gasteiger partial charge in [0.25, 0.3) is 0 Å². The average Bonchev–Trinajstić information content (AvgIpc) is 3.17. The Morgan fingerprint density at radius 1 is 1.07 bits per heavy atom. The molecule has 156 valence electrons. The molecule has 0 aliphatic carbocycles. The summed E-state index contributed by atoms with van der Waals surface area (Å²) < 4.78 is 31.2. The maximum Gasteiger partial charge on any atom is 0.175 e. The Balaban J connectivity index is 1.84. The maximum atomic E-state index is 11.8. The average molecular weight is 441 g/mol. The first-order chi connectivity index (χ1) is 14.2. The van der Waals surface area contributed by atoms with Crippen LogP contribution in [-0.4, -0.2) is 24.4 Å². The third-order valence-electron chi connectivity index (χ3n) is 5.38. The van der Waals surface area contributed by atoms with E-state index in [0.29, 0.717) is 4.90 Å². The van der Waals surface area contributed by atoms with Gasteiger partial charge in [-0.25, -0.2) is 8.42 Å². The highest BCUT2D eigenvalue weighted by Gasteiger charge is 2.18. The number of fused-ring (bicyclic) bond motifs is 1. The molecule has 0 spiro atoms. The van der Waals surface area contributed by atoms with E-state index in [1.807, 2.05) is 26.0 Å². The van der Waals surface area contributed by atoms with Crippen LogP contribution in [0.5, 0.6) is 0 Å². The van der Waals surface area contributed by atoms with E-state index in [2.05, 4.69) is 41.8 Å². The third-order valence-corrected chi connectivity index (χ3v) is 7.73. The van der Waals surface area contributed by atoms with Crippen LogP contribution in [0.2, 0.25) is 0 Å². The Hall–Kier alpha value is -2.51. The lowest BCUT2D eigenvalue weighted by atomic mass is 10.0. The quantitative estimate of drug-likeness (QED) is 0.393. The summed E-state index contributed by atoms with van der Waals surface area (Å²) in [5.41, 5.74) is 5.37. The fourth-order valence-electron chi connectivity index (χ4n) is 3.91. The van der Waals surface area contributed by atoms with Gasteiger partial charge in [0, 0.05) is 44.8 Å². The predicted molar refractivity (Wildman–Crippen MR) is 121 cm³/mol. The Kier molecular flexibility index (Phi) is 5.28. The molecule has 2 aromatic heterocycles. The fourth-order valence-corrected chi connectivity index (χ4v) is 5.58. The molecule has 0 saturated carbocycles. The SMILES string of the molecule is CCn1c(C)c(Sc2ccc(S(C)(=O)=O)cc2)c2cc(-c3c(C)noc3C)ccc21. The summed E-state index contributed by atoms with van der Waals surface area (Å²) >= 11 is 1.66. The van der Waals surface area contributed by atoms with Crippen molar-refractivity contribution >= 4 is 32.5 Å². The molecule has 4 rings (SSSR count). The Labute approximate surface area is 181 Å². The zero-order valence-corrected chi connectivity index (χ0v) is 19.3. The lowest BCUT2D eigenvalue weighted by molar-refractivity contribution is 0.393. The molecule has 2 aromatic carbocycles. The number of nitrogens with zero attached hydrogens (tertiary/aromatic N) is 2. The Bertz CT molecular complexity index is 1330. The molecule has 7 heteroatoms. The first kappa shape index (κ1) is 20.8. The van der Waals surface area contributed by atoms with E-state index in [4.69, 9.17) is 4.52 Å². The monoisotopic (exact) mass is 440 g/mol. The van der Waals surface area contributed by atoms with E-state index in [-0.39, 0.29) is 0 Å². The van der Waals surface area contributed by atoms with Gasteiger partial charge in [-0.1, -0.05) is 23.0 Å². The van der Waals surface area contributed by atoms with E-state index >= 15 is 0 Å². The predicted octanol–water partition coefficient (Wildman–Crippen LogP) is 5.80. The van der Waals surface area contributed by atoms with Crippen molar-refractivity contribution in [1.82, 2.24) is 9.72 Å². The lowest BCUT2D eigenvalue weighted by Gasteiger charge is -2.06. The topological polar surface area (TPSA) is 65.1 Å². The van der Waals surface area contributed by atoms with Gasteiger partial charge in [0.05, 0.1) is 10.6 Å². The molecule has 2 heterocycles. The molecule has 30 heavy (non-hydrogen) atoms. The zero-order valence-electron chi connectivity index (χ0n) is 17.7. The minimum absolute atomic E-state index is 0.334. The van der Waals surface area contributed by atoms with E-state index in [0.717, 1.165) is 34.0 Å². The van der Waals surface area contributed by atoms with Gasteiger partial charge in [0.1, 0.15) is 5.76 Å². The highest BCUT2D eigenvalue weighted by Crippen LogP contribution is 2.40. The van der Waals surface area contributed by atoms with Crippen molar-refractivity contribution < 1.29 is 12.9 Å². The summed E-state index contributed by atoms with van der Waals surface area (Å²) in [4.78, 5) is 2.51. The molecule has 0 aliphatic heterocycles. The van der Waals surface area contributed by atoms with Crippen molar-refractivity contribution in [3.63, 3.8) is 0 Å². The summed E-state index contributed by atoms with van der Waals surface area (Å²) in [6.45, 7) is 9.04. The van der Waals surface area contributed by atoms with Crippen LogP contribution < -0.4 is 0 Å². The number of aromatic nitrogens is 2. The molecule has 0 radical (unpaired) electrons. The first-order valence-electron chi connectivity index (χ1n) is 9.74. The van der Waals surface area contributed by atoms with Crippen molar-refractivity contribution in [1.29, 1.82) is 0 Å². The van der Waals surface area contributed by atoms with Crippen LogP contribution >= 0.6 is 11.8 Å². The smallest absolute Gasteiger partial charge is 0.175 e. The molecule has 5 nitrogen and oxygen atoms in total. The van der Waals surface area contributed by atoms with E-state index in [9.17, 15) is 8.42 Å². The van der Waals surface area contributed by atoms with Gasteiger partial charge in [-0.05, 0) is 69.7 Å². The van der Waals surface area contributed by atoms with Crippen molar-refractivity contribution in [2.75, 3.05) is 6.26 Å². The normalized spacial score (nSPS) is 12.0. The highest BCUT2D eigenvalue weighted by atomic mass is 32.2. The number of rotatable bonds is 5. The zero-order chi connectivity index (χ0) is 21.6. The van der Waals surface area contributed by atoms with Crippen LogP contribution in [0, 0.1) is 20.8 Å². The van der Waals surface area contributed by atoms with Gasteiger partial charge in [-0.2, -0.15) is 0 Å². The second-order valence-corrected chi connectivity index (χ2v) is 10.5. The highest BCUT2D eigenvalue weighted by molar-refractivity contribution is 7.99. The van der Waals surface area contributed by atoms with Crippen molar-refractivity contribution in [2.24, 2.45) is 0 Å². The van der Waals surface area contributed by atoms with E-state index in [1.165, 1.54) is 27.7 Å². The van der Waals surface area contributed by atoms with Crippen LogP contribution in [0.3, 0.4) is 0 Å². The molecule has 0 N–H and O–H groups in total. The summed E-state index contributed by atoms with van der Waals surface area (Å²) in [6.07, 6.45) is 1.23. The van der Waals surface area contributed by atoms with Crippen molar-refractivity contribution in [3.8, 4) is 11.1 Å². The molecule has 0 atom stereocenters. The number of sulfone groups is 1. The van der Waals surface area contributed by atoms with Crippen LogP contribution in [0.4, 0.5) is 0 Å². The third kappa shape index (κ3) is 3.56. The molecule has 4 aromatic rings. The Morgan fingerprint density at radius 3 is 2.33 bits per heavy atom. The van der Waals surface area contributed by atoms with Gasteiger partial charge < -0.3 is 9.09 Å². The van der Waals surface area contributed by atoms with Crippen LogP contribution in [0.1, 0.15) is 24.1 Å². The molecule has 0 fully saturated rings. The molecule has 0 bridgehead atoms. The van der Waals surface area contributed by atoms with Gasteiger partial charge in [0.15, 0.2) is 9.84 Å². The molecular formula is C23H24N2O3S2. The van der Waals surface area contributed by atoms with Crippen LogP contribution in [-0.2, 0) is 16.4 Å². The summed E-state index contributed by atoms with van der Waals surface area (Å²) in [5, 5.41) is 5.27. The summed E-state index contributed by atoms with van der Waals surface area (Å²) in [5.74, 6) is 0.809. The lowest BCUT2D eigenvalue weighted by Crippen LogP contribution is -1.96. The first-order valence-corrected chi connectivity index (χ1v) is 12.5. The second-order valence-electron chi connectivity index (χ2n) is 7.44. The molecular weight excluding hydrogens is 416 g/mol. The number of hydrogen-bond acceptors (Lipinski definition) is 5. The van der Waals surface area contributed by atoms with Gasteiger partial charge in [-0.3, -0.25) is 0 Å². The Morgan fingerprint density at radius 2 is 1.77 bits per heavy atom. The van der Waals surface area contributed by atoms with E-state index < -0.39 is 9.84 Å². The summed E-state index contributed by atoms with van der Waals surface area (Å²) in [6, 6.07) is 13.6. The minimum Gasteiger partial charge on any atom is -0.361 e. The standard InChI is InChI=1S/C23H24N2O3S2/c1-6-25-15(3)23(29-18-8-10-19(11-9-18)30(5,26)27)20-13-17(7-12-21(20)25)22-14(2)24-28-16(22)4/h7-13H,6H2,1-5H3.